The Kier molecular flexibility index (Phi) is 3.77. The number of hydrogen-bond donors (Lipinski definition) is 2. The average Bonchev–Trinajstić information content (AvgIpc) is 2.45. The zero-order valence-electron chi connectivity index (χ0n) is 15.4. The van der Waals surface area contributed by atoms with E-state index in [2.05, 4.69) is 24.5 Å². The molecule has 134 valence electrons. The molecule has 1 amide bonds. The molecule has 0 unspecified atom stereocenters. The quantitative estimate of drug-likeness (QED) is 0.748. The number of thiocarbonyl (C=S) groups is 1. The molecule has 4 saturated carbocycles. The molecular formula is C21H28N2OS. The second-order valence-corrected chi connectivity index (χ2v) is 10.0. The third-order valence-electron chi connectivity index (χ3n) is 6.73. The van der Waals surface area contributed by atoms with Crippen LogP contribution in [0.5, 0.6) is 0 Å². The van der Waals surface area contributed by atoms with E-state index in [0.717, 1.165) is 30.5 Å². The minimum atomic E-state index is -0.222. The lowest BCUT2D eigenvalue weighted by Crippen LogP contribution is -2.60. The normalized spacial score (nSPS) is 38.4. The molecule has 4 fully saturated rings. The van der Waals surface area contributed by atoms with Gasteiger partial charge in [0, 0.05) is 5.69 Å². The number of carbonyl (C=O) groups is 1. The van der Waals surface area contributed by atoms with Crippen molar-refractivity contribution >= 4 is 28.9 Å². The first-order chi connectivity index (χ1) is 11.7. The summed E-state index contributed by atoms with van der Waals surface area (Å²) in [6, 6.07) is 7.99. The summed E-state index contributed by atoms with van der Waals surface area (Å²) in [5, 5.41) is 6.64. The number of rotatable bonds is 2. The van der Waals surface area contributed by atoms with Gasteiger partial charge in [-0.05, 0) is 86.0 Å². The Labute approximate surface area is 156 Å². The number of para-hydroxylation sites is 1. The predicted octanol–water partition coefficient (Wildman–Crippen LogP) is 4.80. The van der Waals surface area contributed by atoms with Crippen LogP contribution in [0.3, 0.4) is 0 Å². The Balaban J connectivity index is 1.50. The fourth-order valence-corrected chi connectivity index (χ4v) is 7.01. The largest absolute Gasteiger partial charge is 0.332 e. The van der Waals surface area contributed by atoms with Crippen LogP contribution in [0.4, 0.5) is 5.69 Å². The Bertz CT molecular complexity index is 725. The fourth-order valence-electron chi connectivity index (χ4n) is 6.80. The minimum Gasteiger partial charge on any atom is -0.332 e. The number of nitrogens with one attached hydrogen (secondary N) is 2. The summed E-state index contributed by atoms with van der Waals surface area (Å²) >= 11 is 5.44. The van der Waals surface area contributed by atoms with Crippen molar-refractivity contribution in [3.05, 3.63) is 29.8 Å². The topological polar surface area (TPSA) is 41.1 Å². The standard InChI is InChI=1S/C21H28N2OS/c1-14-6-4-5-7-16(14)22-18(25)23-17(24)21-10-15-8-19(2,12-21)11-20(3,9-15)13-21/h4-7,15H,8-13H2,1-3H3,(H2,22,23,24,25)/t15?,19-,20-,21?/m1/s1. The van der Waals surface area contributed by atoms with Gasteiger partial charge >= 0.3 is 0 Å². The highest BCUT2D eigenvalue weighted by molar-refractivity contribution is 7.80. The molecule has 3 nitrogen and oxygen atoms in total. The average molecular weight is 357 g/mol. The van der Waals surface area contributed by atoms with E-state index in [1.165, 1.54) is 19.3 Å². The maximum Gasteiger partial charge on any atom is 0.232 e. The molecule has 0 radical (unpaired) electrons. The van der Waals surface area contributed by atoms with E-state index in [-0.39, 0.29) is 11.3 Å². The zero-order chi connectivity index (χ0) is 17.9. The van der Waals surface area contributed by atoms with Crippen LogP contribution in [0.15, 0.2) is 24.3 Å². The summed E-state index contributed by atoms with van der Waals surface area (Å²) in [6.45, 7) is 6.82. The molecule has 2 N–H and O–H groups in total. The Morgan fingerprint density at radius 1 is 1.08 bits per heavy atom. The molecule has 0 saturated heterocycles. The summed E-state index contributed by atoms with van der Waals surface area (Å²) in [6.07, 6.45) is 6.94. The monoisotopic (exact) mass is 356 g/mol. The second kappa shape index (κ2) is 5.54. The van der Waals surface area contributed by atoms with Crippen molar-refractivity contribution in [2.75, 3.05) is 5.32 Å². The van der Waals surface area contributed by atoms with E-state index in [0.29, 0.717) is 21.9 Å². The number of amides is 1. The molecule has 4 heteroatoms. The van der Waals surface area contributed by atoms with Crippen molar-refractivity contribution in [2.45, 2.75) is 59.3 Å². The molecule has 5 rings (SSSR count). The third kappa shape index (κ3) is 2.99. The Morgan fingerprint density at radius 3 is 2.32 bits per heavy atom. The van der Waals surface area contributed by atoms with Crippen LogP contribution < -0.4 is 10.6 Å². The van der Waals surface area contributed by atoms with Crippen LogP contribution in [0.2, 0.25) is 0 Å². The van der Waals surface area contributed by atoms with Gasteiger partial charge < -0.3 is 10.6 Å². The van der Waals surface area contributed by atoms with Gasteiger partial charge in [0.2, 0.25) is 5.91 Å². The first-order valence-corrected chi connectivity index (χ1v) is 9.80. The molecule has 0 spiro atoms. The van der Waals surface area contributed by atoms with Crippen LogP contribution >= 0.6 is 12.2 Å². The molecule has 0 aromatic heterocycles. The number of anilines is 1. The number of aryl methyl sites for hydroxylation is 1. The molecule has 25 heavy (non-hydrogen) atoms. The van der Waals surface area contributed by atoms with E-state index in [4.69, 9.17) is 12.2 Å². The lowest BCUT2D eigenvalue weighted by Gasteiger charge is -2.64. The van der Waals surface area contributed by atoms with Crippen molar-refractivity contribution in [1.29, 1.82) is 0 Å². The summed E-state index contributed by atoms with van der Waals surface area (Å²) in [5.74, 6) is 0.843. The van der Waals surface area contributed by atoms with E-state index in [1.54, 1.807) is 0 Å². The maximum absolute atomic E-state index is 13.2. The van der Waals surface area contributed by atoms with Crippen molar-refractivity contribution in [1.82, 2.24) is 5.32 Å². The summed E-state index contributed by atoms with van der Waals surface area (Å²) < 4.78 is 0. The number of benzene rings is 1. The van der Waals surface area contributed by atoms with Gasteiger partial charge in [-0.15, -0.1) is 0 Å². The highest BCUT2D eigenvalue weighted by atomic mass is 32.1. The highest BCUT2D eigenvalue weighted by Crippen LogP contribution is 2.69. The summed E-state index contributed by atoms with van der Waals surface area (Å²) in [7, 11) is 0. The first kappa shape index (κ1) is 17.0. The lowest BCUT2D eigenvalue weighted by atomic mass is 9.40. The van der Waals surface area contributed by atoms with Crippen LogP contribution in [0, 0.1) is 29.1 Å². The van der Waals surface area contributed by atoms with Gasteiger partial charge in [0.05, 0.1) is 5.41 Å². The van der Waals surface area contributed by atoms with Gasteiger partial charge in [-0.3, -0.25) is 4.79 Å². The smallest absolute Gasteiger partial charge is 0.232 e. The summed E-state index contributed by atoms with van der Waals surface area (Å²) in [5.41, 5.74) is 2.51. The lowest BCUT2D eigenvalue weighted by molar-refractivity contribution is -0.168. The molecule has 1 aromatic rings. The van der Waals surface area contributed by atoms with Gasteiger partial charge in [0.25, 0.3) is 0 Å². The Morgan fingerprint density at radius 2 is 1.72 bits per heavy atom. The van der Waals surface area contributed by atoms with Crippen molar-refractivity contribution in [3.8, 4) is 0 Å². The van der Waals surface area contributed by atoms with E-state index < -0.39 is 0 Å². The van der Waals surface area contributed by atoms with E-state index >= 15 is 0 Å². The van der Waals surface area contributed by atoms with Gasteiger partial charge in [-0.2, -0.15) is 0 Å². The minimum absolute atomic E-state index is 0.139. The first-order valence-electron chi connectivity index (χ1n) is 9.39. The third-order valence-corrected chi connectivity index (χ3v) is 6.93. The van der Waals surface area contributed by atoms with Gasteiger partial charge in [-0.1, -0.05) is 32.0 Å². The molecule has 0 heterocycles. The van der Waals surface area contributed by atoms with Gasteiger partial charge in [0.15, 0.2) is 5.11 Å². The molecule has 4 aliphatic carbocycles. The van der Waals surface area contributed by atoms with Crippen LogP contribution in [0.1, 0.15) is 57.9 Å². The Hall–Kier alpha value is -1.42. The van der Waals surface area contributed by atoms with Gasteiger partial charge in [-0.25, -0.2) is 0 Å². The van der Waals surface area contributed by atoms with Crippen molar-refractivity contribution < 1.29 is 4.79 Å². The molecule has 4 bridgehead atoms. The maximum atomic E-state index is 13.2. The molecule has 1 aromatic carbocycles. The van der Waals surface area contributed by atoms with Crippen LogP contribution in [0.25, 0.3) is 0 Å². The van der Waals surface area contributed by atoms with Crippen molar-refractivity contribution in [2.24, 2.45) is 22.2 Å². The summed E-state index contributed by atoms with van der Waals surface area (Å²) in [4.78, 5) is 13.2. The molecular weight excluding hydrogens is 328 g/mol. The molecule has 4 aliphatic rings. The van der Waals surface area contributed by atoms with Crippen molar-refractivity contribution in [3.63, 3.8) is 0 Å². The van der Waals surface area contributed by atoms with E-state index in [9.17, 15) is 4.79 Å². The molecule has 2 atom stereocenters. The second-order valence-electron chi connectivity index (χ2n) is 9.63. The molecule has 0 aliphatic heterocycles. The van der Waals surface area contributed by atoms with Crippen LogP contribution in [-0.2, 0) is 4.79 Å². The fraction of sp³-hybridized carbons (Fsp3) is 0.619. The van der Waals surface area contributed by atoms with Crippen LogP contribution in [-0.4, -0.2) is 11.0 Å². The van der Waals surface area contributed by atoms with E-state index in [1.807, 2.05) is 31.2 Å². The predicted molar refractivity (Wildman–Crippen MR) is 105 cm³/mol. The number of hydrogen-bond acceptors (Lipinski definition) is 2. The van der Waals surface area contributed by atoms with Gasteiger partial charge in [0.1, 0.15) is 0 Å². The zero-order valence-corrected chi connectivity index (χ0v) is 16.3. The highest BCUT2D eigenvalue weighted by Gasteiger charge is 2.62. The SMILES string of the molecule is Cc1ccccc1NC(=S)NC(=O)C12CC3C[C@@](C)(C1)C[C@@](C)(C3)C2. The number of carbonyl (C=O) groups excluding carboxylic acids is 1.